The van der Waals surface area contributed by atoms with Crippen LogP contribution in [0, 0.1) is 68.1 Å². The minimum absolute atomic E-state index is 0. The van der Waals surface area contributed by atoms with Gasteiger partial charge in [0.05, 0.1) is 0 Å². The number of fused-ring (bicyclic) bond motifs is 2. The summed E-state index contributed by atoms with van der Waals surface area (Å²) in [7, 11) is 7.30. The molecule has 4 saturated carbocycles. The Balaban J connectivity index is 0.00000103. The van der Waals surface area contributed by atoms with Gasteiger partial charge in [0.1, 0.15) is 0 Å². The summed E-state index contributed by atoms with van der Waals surface area (Å²) in [6.45, 7) is 24.7. The van der Waals surface area contributed by atoms with Crippen LogP contribution in [0.4, 0.5) is 0 Å². The van der Waals surface area contributed by atoms with Gasteiger partial charge in [-0.1, -0.05) is 80.1 Å². The van der Waals surface area contributed by atoms with Crippen molar-refractivity contribution in [2.24, 2.45) is 53.3 Å². The summed E-state index contributed by atoms with van der Waals surface area (Å²) >= 11 is -0.826. The van der Waals surface area contributed by atoms with Crippen LogP contribution < -0.4 is 0 Å². The fraction of sp³-hybridized carbons (Fsp3) is 0.929. The molecule has 0 N–H and O–H groups in total. The molecule has 4 rings (SSSR count). The van der Waals surface area contributed by atoms with Crippen LogP contribution in [0.5, 0.6) is 0 Å². The van der Waals surface area contributed by atoms with Gasteiger partial charge in [-0.25, -0.2) is 0 Å². The van der Waals surface area contributed by atoms with E-state index in [1.54, 1.807) is 38.5 Å². The molecule has 0 aliphatic heterocycles. The second-order valence-corrected chi connectivity index (χ2v) is 33.2. The van der Waals surface area contributed by atoms with Gasteiger partial charge >= 0.3 is 37.9 Å². The van der Waals surface area contributed by atoms with Crippen molar-refractivity contribution in [1.82, 2.24) is 0 Å². The van der Waals surface area contributed by atoms with Crippen molar-refractivity contribution in [3.8, 4) is 0 Å². The van der Waals surface area contributed by atoms with Crippen LogP contribution in [0.3, 0.4) is 0 Å². The first-order valence-electron chi connectivity index (χ1n) is 13.4. The minimum atomic E-state index is -1.29. The van der Waals surface area contributed by atoms with E-state index in [0.717, 1.165) is 64.3 Å². The molecule has 0 aromatic carbocycles. The first kappa shape index (κ1) is 32.9. The standard InChI is InChI=1S/C26H50Si2.2CH3.2ClH.Zr/c1-16-13-23-14-21-11-10-12-22(21)15-24(23)25(16)27(6,7)28(8,9)26-19(4)17(2)18(3)20(26)5;;;;;/h16-26H,10-15H2,1-9H3;2*1H3;2*1H;/q;2*-1;;;+4/p-2. The van der Waals surface area contributed by atoms with E-state index in [-0.39, 0.29) is 14.9 Å². The molecule has 10 atom stereocenters. The van der Waals surface area contributed by atoms with Crippen LogP contribution in [0.2, 0.25) is 37.3 Å². The van der Waals surface area contributed by atoms with Crippen LogP contribution in [-0.4, -0.2) is 15.2 Å². The molecule has 5 heteroatoms. The van der Waals surface area contributed by atoms with Gasteiger partial charge in [0.15, 0.2) is 0 Å². The average Bonchev–Trinajstić information content (AvgIpc) is 3.31. The molecule has 0 aromatic heterocycles. The van der Waals surface area contributed by atoms with Crippen molar-refractivity contribution in [2.45, 2.75) is 110 Å². The third-order valence-corrected chi connectivity index (χ3v) is 33.0. The summed E-state index contributed by atoms with van der Waals surface area (Å²) in [5, 5.41) is 0. The Hall–Kier alpha value is 1.90. The van der Waals surface area contributed by atoms with Gasteiger partial charge in [-0.3, -0.25) is 0 Å². The van der Waals surface area contributed by atoms with Crippen LogP contribution in [0.25, 0.3) is 0 Å². The number of hydrogen-bond donors (Lipinski definition) is 0. The number of rotatable bonds is 3. The van der Waals surface area contributed by atoms with Crippen molar-refractivity contribution in [3.63, 3.8) is 0 Å². The van der Waals surface area contributed by atoms with Crippen molar-refractivity contribution < 1.29 is 20.8 Å². The Morgan fingerprint density at radius 3 is 1.52 bits per heavy atom. The Labute approximate surface area is 230 Å². The summed E-state index contributed by atoms with van der Waals surface area (Å²) < 4.78 is 0. The molecular weight excluding hydrogens is 555 g/mol. The normalized spacial score (nSPS) is 44.4. The third kappa shape index (κ3) is 5.83. The molecule has 0 saturated heterocycles. The number of halogens is 2. The van der Waals surface area contributed by atoms with Gasteiger partial charge in [-0.05, 0) is 83.6 Å². The number of hydrogen-bond acceptors (Lipinski definition) is 0. The quantitative estimate of drug-likeness (QED) is 0.220. The van der Waals surface area contributed by atoms with E-state index in [9.17, 15) is 0 Å². The van der Waals surface area contributed by atoms with Gasteiger partial charge in [-0.15, -0.1) is 0 Å². The van der Waals surface area contributed by atoms with Gasteiger partial charge in [-0.2, -0.15) is 0 Å². The zero-order chi connectivity index (χ0) is 23.3. The molecule has 4 fully saturated rings. The SMILES string of the molecule is CC1CC2CC3CCCC3CC2C1[Si](C)(C)[Si](C)(C)C1C(C)C(C)C(C)C1C.[CH3-].[CH3-].[Cl][Zr+2][Cl]. The van der Waals surface area contributed by atoms with Crippen LogP contribution in [0.15, 0.2) is 0 Å². The second kappa shape index (κ2) is 12.6. The van der Waals surface area contributed by atoms with E-state index in [4.69, 9.17) is 17.0 Å². The zero-order valence-electron chi connectivity index (χ0n) is 23.8. The molecule has 10 unspecified atom stereocenters. The molecule has 0 amide bonds. The van der Waals surface area contributed by atoms with E-state index >= 15 is 0 Å². The zero-order valence-corrected chi connectivity index (χ0v) is 29.8. The van der Waals surface area contributed by atoms with Crippen LogP contribution >= 0.6 is 17.0 Å². The predicted molar refractivity (Wildman–Crippen MR) is 154 cm³/mol. The molecule has 0 radical (unpaired) electrons. The molecule has 4 aliphatic carbocycles. The topological polar surface area (TPSA) is 0 Å². The summed E-state index contributed by atoms with van der Waals surface area (Å²) in [4.78, 5) is 0. The molecule has 0 nitrogen and oxygen atoms in total. The van der Waals surface area contributed by atoms with E-state index < -0.39 is 36.0 Å². The second-order valence-electron chi connectivity index (χ2n) is 13.6. The van der Waals surface area contributed by atoms with Gasteiger partial charge in [0.2, 0.25) is 0 Å². The van der Waals surface area contributed by atoms with E-state index in [0.29, 0.717) is 0 Å². The molecule has 0 heterocycles. The summed E-state index contributed by atoms with van der Waals surface area (Å²) in [6, 6.07) is 0. The maximum absolute atomic E-state index is 4.93. The third-order valence-electron chi connectivity index (χ3n) is 12.3. The molecule has 0 bridgehead atoms. The maximum atomic E-state index is 4.93. The first-order valence-corrected chi connectivity index (χ1v) is 26.8. The Kier molecular flexibility index (Phi) is 12.6. The molecular formula is C28H56Cl2Si2Zr. The van der Waals surface area contributed by atoms with Gasteiger partial charge in [0, 0.05) is 15.2 Å². The first-order chi connectivity index (χ1) is 14.4. The van der Waals surface area contributed by atoms with E-state index in [1.165, 1.54) is 0 Å². The van der Waals surface area contributed by atoms with Crippen molar-refractivity contribution in [2.75, 3.05) is 0 Å². The Morgan fingerprint density at radius 2 is 1.03 bits per heavy atom. The van der Waals surface area contributed by atoms with E-state index in [1.807, 2.05) is 0 Å². The van der Waals surface area contributed by atoms with E-state index in [2.05, 4.69) is 60.8 Å². The van der Waals surface area contributed by atoms with Crippen molar-refractivity contribution >= 4 is 32.2 Å². The Morgan fingerprint density at radius 1 is 0.606 bits per heavy atom. The summed E-state index contributed by atoms with van der Waals surface area (Å²) in [6.07, 6.45) is 9.52. The molecule has 33 heavy (non-hydrogen) atoms. The fourth-order valence-corrected chi connectivity index (χ4v) is 26.3. The van der Waals surface area contributed by atoms with Gasteiger partial charge in [0.25, 0.3) is 0 Å². The summed E-state index contributed by atoms with van der Waals surface area (Å²) in [5.74, 6) is 9.25. The van der Waals surface area contributed by atoms with Crippen LogP contribution in [0.1, 0.15) is 73.1 Å². The molecule has 0 spiro atoms. The Bertz CT molecular complexity index is 599. The molecule has 194 valence electrons. The van der Waals surface area contributed by atoms with Gasteiger partial charge < -0.3 is 14.9 Å². The molecule has 4 aliphatic rings. The predicted octanol–water partition coefficient (Wildman–Crippen LogP) is 10.5. The fourth-order valence-electron chi connectivity index (χ4n) is 10.1. The average molecular weight is 611 g/mol. The van der Waals surface area contributed by atoms with Crippen molar-refractivity contribution in [1.29, 1.82) is 0 Å². The van der Waals surface area contributed by atoms with Crippen LogP contribution in [-0.2, 0) is 20.8 Å². The molecule has 0 aromatic rings. The summed E-state index contributed by atoms with van der Waals surface area (Å²) in [5.41, 5.74) is 2.19. The monoisotopic (exact) mass is 608 g/mol. The van der Waals surface area contributed by atoms with Crippen molar-refractivity contribution in [3.05, 3.63) is 14.9 Å².